The maximum absolute atomic E-state index is 13.1. The summed E-state index contributed by atoms with van der Waals surface area (Å²) in [6, 6.07) is 0. The maximum atomic E-state index is 13.1. The molecule has 146 valence electrons. The van der Waals surface area contributed by atoms with Gasteiger partial charge in [0, 0.05) is 13.1 Å². The molecule has 2 N–H and O–H groups in total. The molecular formula is C16H25N3O6S. The van der Waals surface area contributed by atoms with Gasteiger partial charge in [-0.2, -0.15) is 4.72 Å². The largest absolute Gasteiger partial charge is 0.481 e. The Morgan fingerprint density at radius 2 is 1.92 bits per heavy atom. The van der Waals surface area contributed by atoms with E-state index in [9.17, 15) is 18.0 Å². The average molecular weight is 387 g/mol. The maximum Gasteiger partial charge on any atom is 0.305 e. The van der Waals surface area contributed by atoms with E-state index in [4.69, 9.17) is 9.63 Å². The van der Waals surface area contributed by atoms with Gasteiger partial charge >= 0.3 is 5.97 Å². The van der Waals surface area contributed by atoms with Gasteiger partial charge in [0.05, 0.1) is 6.42 Å². The Labute approximate surface area is 152 Å². The van der Waals surface area contributed by atoms with Crippen LogP contribution >= 0.6 is 0 Å². The van der Waals surface area contributed by atoms with Crippen LogP contribution in [0.4, 0.5) is 0 Å². The number of carboxylic acid groups (broad SMARTS) is 1. The monoisotopic (exact) mass is 387 g/mol. The zero-order valence-electron chi connectivity index (χ0n) is 15.2. The quantitative estimate of drug-likeness (QED) is 0.685. The number of carbonyl (C=O) groups is 2. The Hall–Kier alpha value is -1.94. The van der Waals surface area contributed by atoms with Crippen molar-refractivity contribution < 1.29 is 27.6 Å². The molecular weight excluding hydrogens is 362 g/mol. The minimum Gasteiger partial charge on any atom is -0.481 e. The van der Waals surface area contributed by atoms with Crippen LogP contribution in [0.5, 0.6) is 0 Å². The van der Waals surface area contributed by atoms with Crippen LogP contribution in [-0.4, -0.2) is 54.1 Å². The van der Waals surface area contributed by atoms with Gasteiger partial charge in [0.2, 0.25) is 15.9 Å². The molecule has 0 spiro atoms. The molecule has 9 nitrogen and oxygen atoms in total. The van der Waals surface area contributed by atoms with Crippen LogP contribution in [0.2, 0.25) is 0 Å². The number of sulfonamides is 1. The summed E-state index contributed by atoms with van der Waals surface area (Å²) in [6.07, 6.45) is 1.99. The van der Waals surface area contributed by atoms with E-state index in [2.05, 4.69) is 9.88 Å². The van der Waals surface area contributed by atoms with Crippen molar-refractivity contribution in [1.29, 1.82) is 0 Å². The molecule has 1 aromatic heterocycles. The number of aromatic nitrogens is 1. The fraction of sp³-hybridized carbons (Fsp3) is 0.688. The molecule has 0 atom stereocenters. The van der Waals surface area contributed by atoms with Crippen molar-refractivity contribution in [3.05, 3.63) is 11.5 Å². The van der Waals surface area contributed by atoms with Crippen molar-refractivity contribution in [2.45, 2.75) is 63.3 Å². The zero-order chi connectivity index (χ0) is 19.5. The van der Waals surface area contributed by atoms with Crippen LogP contribution in [0.25, 0.3) is 0 Å². The summed E-state index contributed by atoms with van der Waals surface area (Å²) in [5.74, 6) is -1.23. The number of carboxylic acids is 1. The molecule has 10 heteroatoms. The molecule has 1 fully saturated rings. The Bertz CT molecular complexity index is 760. The van der Waals surface area contributed by atoms with Crippen molar-refractivity contribution in [3.8, 4) is 0 Å². The first-order valence-corrected chi connectivity index (χ1v) is 10.1. The first-order valence-electron chi connectivity index (χ1n) is 8.61. The third-order valence-electron chi connectivity index (χ3n) is 4.70. The second-order valence-corrected chi connectivity index (χ2v) is 8.20. The zero-order valence-corrected chi connectivity index (χ0v) is 16.1. The number of nitrogens with zero attached hydrogens (tertiary/aromatic N) is 2. The summed E-state index contributed by atoms with van der Waals surface area (Å²) in [7, 11) is -4.01. The van der Waals surface area contributed by atoms with Crippen molar-refractivity contribution in [2.24, 2.45) is 0 Å². The first-order chi connectivity index (χ1) is 12.1. The molecule has 1 aliphatic carbocycles. The molecule has 2 rings (SSSR count). The molecule has 0 saturated heterocycles. The number of aliphatic carboxylic acids is 1. The third-order valence-corrected chi connectivity index (χ3v) is 6.48. The van der Waals surface area contributed by atoms with E-state index < -0.39 is 21.5 Å². The van der Waals surface area contributed by atoms with Crippen LogP contribution in [0.15, 0.2) is 9.42 Å². The molecule has 1 heterocycles. The van der Waals surface area contributed by atoms with Gasteiger partial charge in [-0.15, -0.1) is 0 Å². The topological polar surface area (TPSA) is 130 Å². The van der Waals surface area contributed by atoms with E-state index in [1.807, 2.05) is 0 Å². The predicted molar refractivity (Wildman–Crippen MR) is 92.0 cm³/mol. The number of carbonyl (C=O) groups excluding carboxylic acids is 1. The van der Waals surface area contributed by atoms with Crippen molar-refractivity contribution in [1.82, 2.24) is 14.8 Å². The second kappa shape index (κ2) is 7.75. The highest BCUT2D eigenvalue weighted by atomic mass is 32.2. The lowest BCUT2D eigenvalue weighted by atomic mass is 9.97. The van der Waals surface area contributed by atoms with Gasteiger partial charge in [0.25, 0.3) is 0 Å². The molecule has 1 saturated carbocycles. The molecule has 0 aromatic carbocycles. The summed E-state index contributed by atoms with van der Waals surface area (Å²) in [4.78, 5) is 25.3. The standard InChI is InChI=1S/C16H25N3O6S/c1-4-19(10-7-13(20)21)15(22)16(8-5-6-9-16)18-26(23,24)14-11(2)17-25-12(14)3/h18H,4-10H2,1-3H3,(H,20,21). The van der Waals surface area contributed by atoms with E-state index in [1.54, 1.807) is 6.92 Å². The lowest BCUT2D eigenvalue weighted by Crippen LogP contribution is -2.58. The molecule has 1 aliphatic rings. The molecule has 0 unspecified atom stereocenters. The SMILES string of the molecule is CCN(CCC(=O)O)C(=O)C1(NS(=O)(=O)c2c(C)noc2C)CCCC1. The Morgan fingerprint density at radius 3 is 2.38 bits per heavy atom. The van der Waals surface area contributed by atoms with Gasteiger partial charge < -0.3 is 14.5 Å². The lowest BCUT2D eigenvalue weighted by molar-refractivity contribution is -0.140. The molecule has 1 amide bonds. The predicted octanol–water partition coefficient (Wildman–Crippen LogP) is 1.21. The Kier molecular flexibility index (Phi) is 6.07. The van der Waals surface area contributed by atoms with E-state index in [0.717, 1.165) is 0 Å². The highest BCUT2D eigenvalue weighted by Gasteiger charge is 2.47. The highest BCUT2D eigenvalue weighted by molar-refractivity contribution is 7.89. The van der Waals surface area contributed by atoms with E-state index >= 15 is 0 Å². The number of hydrogen-bond acceptors (Lipinski definition) is 6. The molecule has 0 bridgehead atoms. The lowest BCUT2D eigenvalue weighted by Gasteiger charge is -2.34. The van der Waals surface area contributed by atoms with Crippen LogP contribution in [0.1, 0.15) is 50.5 Å². The Balaban J connectivity index is 2.32. The van der Waals surface area contributed by atoms with Gasteiger partial charge in [-0.05, 0) is 33.6 Å². The van der Waals surface area contributed by atoms with E-state index in [1.165, 1.54) is 18.7 Å². The first kappa shape index (κ1) is 20.4. The number of hydrogen-bond donors (Lipinski definition) is 2. The summed E-state index contributed by atoms with van der Waals surface area (Å²) in [5, 5.41) is 12.5. The summed E-state index contributed by atoms with van der Waals surface area (Å²) >= 11 is 0. The minimum absolute atomic E-state index is 0.0411. The van der Waals surface area contributed by atoms with Crippen LogP contribution in [-0.2, 0) is 19.6 Å². The number of nitrogens with one attached hydrogen (secondary N) is 1. The summed E-state index contributed by atoms with van der Waals surface area (Å²) < 4.78 is 33.3. The highest BCUT2D eigenvalue weighted by Crippen LogP contribution is 2.34. The summed E-state index contributed by atoms with van der Waals surface area (Å²) in [6.45, 7) is 5.12. The Morgan fingerprint density at radius 1 is 1.31 bits per heavy atom. The number of rotatable bonds is 8. The third kappa shape index (κ3) is 4.07. The van der Waals surface area contributed by atoms with E-state index in [0.29, 0.717) is 32.2 Å². The van der Waals surface area contributed by atoms with Gasteiger partial charge in [-0.1, -0.05) is 18.0 Å². The van der Waals surface area contributed by atoms with Crippen LogP contribution in [0, 0.1) is 13.8 Å². The second-order valence-electron chi connectivity index (χ2n) is 6.58. The van der Waals surface area contributed by atoms with Crippen LogP contribution in [0.3, 0.4) is 0 Å². The fourth-order valence-electron chi connectivity index (χ4n) is 3.44. The number of likely N-dealkylation sites (N-methyl/N-ethyl adjacent to an activating group) is 1. The van der Waals surface area contributed by atoms with Crippen molar-refractivity contribution in [2.75, 3.05) is 13.1 Å². The number of aryl methyl sites for hydroxylation is 2. The van der Waals surface area contributed by atoms with E-state index in [-0.39, 0.29) is 35.2 Å². The minimum atomic E-state index is -4.01. The smallest absolute Gasteiger partial charge is 0.305 e. The van der Waals surface area contributed by atoms with Gasteiger partial charge in [-0.25, -0.2) is 8.42 Å². The average Bonchev–Trinajstić information content (AvgIpc) is 3.14. The normalized spacial score (nSPS) is 16.6. The van der Waals surface area contributed by atoms with Gasteiger partial charge in [-0.3, -0.25) is 9.59 Å². The fourth-order valence-corrected chi connectivity index (χ4v) is 5.19. The molecule has 0 aliphatic heterocycles. The molecule has 26 heavy (non-hydrogen) atoms. The van der Waals surface area contributed by atoms with Crippen molar-refractivity contribution >= 4 is 21.9 Å². The number of amides is 1. The summed E-state index contributed by atoms with van der Waals surface area (Å²) in [5.41, 5.74) is -1.03. The van der Waals surface area contributed by atoms with Crippen molar-refractivity contribution in [3.63, 3.8) is 0 Å². The molecule has 1 aromatic rings. The van der Waals surface area contributed by atoms with Crippen LogP contribution < -0.4 is 4.72 Å². The van der Waals surface area contributed by atoms with Gasteiger partial charge in [0.15, 0.2) is 5.76 Å². The molecule has 0 radical (unpaired) electrons. The van der Waals surface area contributed by atoms with Gasteiger partial charge in [0.1, 0.15) is 16.1 Å².